The summed E-state index contributed by atoms with van der Waals surface area (Å²) in [5.41, 5.74) is 2.35. The molecule has 4 aromatic carbocycles. The molecule has 0 spiro atoms. The van der Waals surface area contributed by atoms with Crippen molar-refractivity contribution in [2.45, 2.75) is 101 Å². The third kappa shape index (κ3) is 9.76. The Balaban J connectivity index is 1.35. The second-order valence-electron chi connectivity index (χ2n) is 14.3. The van der Waals surface area contributed by atoms with Crippen LogP contribution in [0.5, 0.6) is 5.75 Å². The molecule has 52 heavy (non-hydrogen) atoms. The standard InChI is InChI=1S/C41H51FN4O5S/c1-27(2)45(5)41(48)39(21-30-13-15-31(16-14-30)26-46-28(3)9-7-10-29(46)4)43-40(47)25-38(34-11-8-12-35(42)22-34)44-52(49,50)37-20-18-32-23-36(51-6)19-17-33(32)24-37/h8,11-20,22-24,27-29,38-39,44H,7,9-10,21,25-26H2,1-6H3,(H,43,47)/t28-,29+,38-,39-/m1/s1. The van der Waals surface area contributed by atoms with Gasteiger partial charge in [0.05, 0.1) is 18.0 Å². The third-order valence-corrected chi connectivity index (χ3v) is 11.7. The second-order valence-corrected chi connectivity index (χ2v) is 16.0. The predicted octanol–water partition coefficient (Wildman–Crippen LogP) is 6.75. The van der Waals surface area contributed by atoms with Crippen molar-refractivity contribution in [1.29, 1.82) is 0 Å². The highest BCUT2D eigenvalue weighted by atomic mass is 32.2. The van der Waals surface area contributed by atoms with Gasteiger partial charge in [0.15, 0.2) is 0 Å². The van der Waals surface area contributed by atoms with Gasteiger partial charge in [0.1, 0.15) is 17.6 Å². The zero-order valence-corrected chi connectivity index (χ0v) is 31.8. The van der Waals surface area contributed by atoms with E-state index >= 15 is 0 Å². The lowest BCUT2D eigenvalue weighted by atomic mass is 9.96. The first kappa shape index (κ1) is 38.9. The highest BCUT2D eigenvalue weighted by molar-refractivity contribution is 7.89. The largest absolute Gasteiger partial charge is 0.497 e. The smallest absolute Gasteiger partial charge is 0.245 e. The molecule has 2 amide bonds. The maximum Gasteiger partial charge on any atom is 0.245 e. The molecule has 9 nitrogen and oxygen atoms in total. The van der Waals surface area contributed by atoms with E-state index in [0.717, 1.165) is 17.5 Å². The van der Waals surface area contributed by atoms with Crippen LogP contribution in [0.1, 0.15) is 76.1 Å². The van der Waals surface area contributed by atoms with E-state index in [1.54, 1.807) is 49.4 Å². The number of likely N-dealkylation sites (tertiary alicyclic amines) is 1. The quantitative estimate of drug-likeness (QED) is 0.149. The van der Waals surface area contributed by atoms with Crippen LogP contribution in [-0.4, -0.2) is 68.4 Å². The monoisotopic (exact) mass is 730 g/mol. The molecule has 2 N–H and O–H groups in total. The van der Waals surface area contributed by atoms with Gasteiger partial charge in [-0.3, -0.25) is 14.5 Å². The maximum atomic E-state index is 14.4. The van der Waals surface area contributed by atoms with Crippen LogP contribution in [0.3, 0.4) is 0 Å². The number of likely N-dealkylation sites (N-methyl/N-ethyl adjacent to an activating group) is 1. The number of fused-ring (bicyclic) bond motifs is 1. The van der Waals surface area contributed by atoms with Gasteiger partial charge < -0.3 is 15.0 Å². The van der Waals surface area contributed by atoms with Crippen LogP contribution in [0, 0.1) is 5.82 Å². The average molecular weight is 731 g/mol. The van der Waals surface area contributed by atoms with Gasteiger partial charge in [0.2, 0.25) is 21.8 Å². The normalized spacial score (nSPS) is 17.8. The fourth-order valence-corrected chi connectivity index (χ4v) is 8.11. The predicted molar refractivity (Wildman–Crippen MR) is 203 cm³/mol. The number of amides is 2. The zero-order chi connectivity index (χ0) is 37.6. The van der Waals surface area contributed by atoms with Crippen molar-refractivity contribution in [3.05, 3.63) is 107 Å². The van der Waals surface area contributed by atoms with Crippen LogP contribution in [0.4, 0.5) is 4.39 Å². The number of benzene rings is 4. The summed E-state index contributed by atoms with van der Waals surface area (Å²) in [5.74, 6) is -0.744. The molecular formula is C41H51FN4O5S. The lowest BCUT2D eigenvalue weighted by molar-refractivity contribution is -0.136. The first-order valence-electron chi connectivity index (χ1n) is 18.0. The van der Waals surface area contributed by atoms with Crippen molar-refractivity contribution in [2.24, 2.45) is 0 Å². The molecule has 11 heteroatoms. The molecule has 0 radical (unpaired) electrons. The number of sulfonamides is 1. The zero-order valence-electron chi connectivity index (χ0n) is 30.9. The van der Waals surface area contributed by atoms with E-state index in [-0.39, 0.29) is 35.2 Å². The average Bonchev–Trinajstić information content (AvgIpc) is 3.12. The van der Waals surface area contributed by atoms with Gasteiger partial charge in [0, 0.05) is 44.6 Å². The van der Waals surface area contributed by atoms with Crippen molar-refractivity contribution in [3.8, 4) is 5.75 Å². The lowest BCUT2D eigenvalue weighted by Crippen LogP contribution is -2.50. The van der Waals surface area contributed by atoms with Crippen LogP contribution in [-0.2, 0) is 32.6 Å². The number of carbonyl (C=O) groups excluding carboxylic acids is 2. The van der Waals surface area contributed by atoms with E-state index in [0.29, 0.717) is 23.2 Å². The van der Waals surface area contributed by atoms with E-state index in [1.165, 1.54) is 55.2 Å². The van der Waals surface area contributed by atoms with E-state index in [4.69, 9.17) is 4.74 Å². The van der Waals surface area contributed by atoms with Gasteiger partial charge in [-0.25, -0.2) is 17.5 Å². The van der Waals surface area contributed by atoms with Crippen LogP contribution < -0.4 is 14.8 Å². The fourth-order valence-electron chi connectivity index (χ4n) is 6.85. The minimum atomic E-state index is -4.18. The van der Waals surface area contributed by atoms with Crippen molar-refractivity contribution >= 4 is 32.6 Å². The molecule has 1 aliphatic rings. The molecule has 0 aromatic heterocycles. The third-order valence-electron chi connectivity index (χ3n) is 10.2. The Bertz CT molecular complexity index is 1960. The Morgan fingerprint density at radius 1 is 0.923 bits per heavy atom. The number of nitrogens with zero attached hydrogens (tertiary/aromatic N) is 2. The number of nitrogens with one attached hydrogen (secondary N) is 2. The second kappa shape index (κ2) is 17.0. The van der Waals surface area contributed by atoms with Gasteiger partial charge in [-0.1, -0.05) is 55.0 Å². The summed E-state index contributed by atoms with van der Waals surface area (Å²) in [6.45, 7) is 9.19. The van der Waals surface area contributed by atoms with Crippen LogP contribution >= 0.6 is 0 Å². The number of piperidine rings is 1. The maximum absolute atomic E-state index is 14.4. The number of hydrogen-bond acceptors (Lipinski definition) is 6. The minimum absolute atomic E-state index is 0.00811. The number of rotatable bonds is 14. The molecule has 278 valence electrons. The molecule has 0 bridgehead atoms. The molecule has 1 fully saturated rings. The molecule has 1 aliphatic heterocycles. The Morgan fingerprint density at radius 3 is 2.23 bits per heavy atom. The Labute approximate surface area is 307 Å². The summed E-state index contributed by atoms with van der Waals surface area (Å²) >= 11 is 0. The minimum Gasteiger partial charge on any atom is -0.497 e. The molecule has 0 saturated carbocycles. The van der Waals surface area contributed by atoms with Crippen molar-refractivity contribution in [2.75, 3.05) is 14.2 Å². The van der Waals surface area contributed by atoms with Crippen LogP contribution in [0.15, 0.2) is 89.8 Å². The number of methoxy groups -OCH3 is 1. The number of carbonyl (C=O) groups is 2. The number of hydrogen-bond donors (Lipinski definition) is 2. The summed E-state index contributed by atoms with van der Waals surface area (Å²) in [4.78, 5) is 31.6. The highest BCUT2D eigenvalue weighted by Gasteiger charge is 2.30. The van der Waals surface area contributed by atoms with Crippen LogP contribution in [0.25, 0.3) is 10.8 Å². The first-order chi connectivity index (χ1) is 24.7. The van der Waals surface area contributed by atoms with Crippen molar-refractivity contribution < 1.29 is 27.1 Å². The molecule has 5 rings (SSSR count). The van der Waals surface area contributed by atoms with Gasteiger partial charge >= 0.3 is 0 Å². The number of halogens is 1. The molecule has 4 atom stereocenters. The number of ether oxygens (including phenoxy) is 1. The Hall–Kier alpha value is -4.32. The van der Waals surface area contributed by atoms with Gasteiger partial charge in [-0.2, -0.15) is 0 Å². The van der Waals surface area contributed by atoms with Crippen molar-refractivity contribution in [1.82, 2.24) is 19.8 Å². The van der Waals surface area contributed by atoms with E-state index in [2.05, 4.69) is 40.9 Å². The topological polar surface area (TPSA) is 108 Å². The van der Waals surface area contributed by atoms with Gasteiger partial charge in [-0.15, -0.1) is 0 Å². The first-order valence-corrected chi connectivity index (χ1v) is 19.5. The summed E-state index contributed by atoms with van der Waals surface area (Å²) in [5, 5.41) is 4.37. The van der Waals surface area contributed by atoms with E-state index in [9.17, 15) is 22.4 Å². The summed E-state index contributed by atoms with van der Waals surface area (Å²) < 4.78 is 49.8. The van der Waals surface area contributed by atoms with Gasteiger partial charge in [0.25, 0.3) is 0 Å². The van der Waals surface area contributed by atoms with E-state index in [1.807, 2.05) is 26.0 Å². The molecule has 0 unspecified atom stereocenters. The summed E-state index contributed by atoms with van der Waals surface area (Å²) in [6.07, 6.45) is 3.51. The molecule has 4 aromatic rings. The lowest BCUT2D eigenvalue weighted by Gasteiger charge is -2.39. The van der Waals surface area contributed by atoms with Crippen LogP contribution in [0.2, 0.25) is 0 Å². The summed E-state index contributed by atoms with van der Waals surface area (Å²) in [7, 11) is -0.924. The molecular weight excluding hydrogens is 680 g/mol. The van der Waals surface area contributed by atoms with Crippen molar-refractivity contribution in [3.63, 3.8) is 0 Å². The Kier molecular flexibility index (Phi) is 12.7. The highest BCUT2D eigenvalue weighted by Crippen LogP contribution is 2.27. The fraction of sp³-hybridized carbons (Fsp3) is 0.415. The SMILES string of the molecule is COc1ccc2cc(S(=O)(=O)N[C@H](CC(=O)N[C@H](Cc3ccc(CN4[C@H](C)CCC[C@@H]4C)cc3)C(=O)N(C)C(C)C)c3cccc(F)c3)ccc2c1. The van der Waals surface area contributed by atoms with E-state index < -0.39 is 33.8 Å². The molecule has 1 heterocycles. The van der Waals surface area contributed by atoms with Gasteiger partial charge in [-0.05, 0) is 104 Å². The Morgan fingerprint density at radius 2 is 1.58 bits per heavy atom. The summed E-state index contributed by atoms with van der Waals surface area (Å²) in [6, 6.07) is 22.5. The molecule has 0 aliphatic carbocycles. The molecule has 1 saturated heterocycles.